The molecule has 2 aromatic rings. The van der Waals surface area contributed by atoms with Gasteiger partial charge in [-0.25, -0.2) is 8.42 Å². The lowest BCUT2D eigenvalue weighted by Gasteiger charge is -2.17. The van der Waals surface area contributed by atoms with E-state index in [1.165, 1.54) is 0 Å². The molecule has 1 atom stereocenters. The molecule has 0 amide bonds. The van der Waals surface area contributed by atoms with Crippen LogP contribution in [0.5, 0.6) is 0 Å². The first-order valence-corrected chi connectivity index (χ1v) is 8.16. The van der Waals surface area contributed by atoms with Gasteiger partial charge in [-0.2, -0.15) is 0 Å². The topological polar surface area (TPSA) is 60.2 Å². The number of nitrogens with two attached hydrogens (primary N) is 1. The van der Waals surface area contributed by atoms with Crippen molar-refractivity contribution in [3.05, 3.63) is 65.7 Å². The third-order valence-electron chi connectivity index (χ3n) is 3.32. The van der Waals surface area contributed by atoms with Crippen LogP contribution >= 0.6 is 0 Å². The van der Waals surface area contributed by atoms with Gasteiger partial charge in [-0.3, -0.25) is 0 Å². The second kappa shape index (κ2) is 6.20. The smallest absolute Gasteiger partial charge is 0.185 e. The average molecular weight is 289 g/mol. The summed E-state index contributed by atoms with van der Waals surface area (Å²) in [4.78, 5) is 0.352. The molecule has 0 aromatic heterocycles. The molecule has 2 N–H and O–H groups in total. The van der Waals surface area contributed by atoms with Crippen molar-refractivity contribution in [1.29, 1.82) is 0 Å². The lowest BCUT2D eigenvalue weighted by molar-refractivity contribution is 0.576. The number of hydrogen-bond donors (Lipinski definition) is 1. The van der Waals surface area contributed by atoms with Crippen molar-refractivity contribution in [2.75, 3.05) is 6.54 Å². The largest absolute Gasteiger partial charge is 0.330 e. The van der Waals surface area contributed by atoms with Crippen molar-refractivity contribution in [3.8, 4) is 0 Å². The minimum Gasteiger partial charge on any atom is -0.330 e. The molecule has 0 radical (unpaired) electrons. The lowest BCUT2D eigenvalue weighted by Crippen LogP contribution is -2.17. The van der Waals surface area contributed by atoms with E-state index in [0.717, 1.165) is 11.1 Å². The van der Waals surface area contributed by atoms with Gasteiger partial charge in [0.25, 0.3) is 0 Å². The molecule has 2 aromatic carbocycles. The van der Waals surface area contributed by atoms with Gasteiger partial charge in [0.1, 0.15) is 0 Å². The second-order valence-electron chi connectivity index (χ2n) is 4.83. The molecule has 2 rings (SSSR count). The Balaban J connectivity index is 2.45. The first-order valence-electron chi connectivity index (χ1n) is 6.61. The van der Waals surface area contributed by atoms with Crippen LogP contribution in [0.2, 0.25) is 0 Å². The summed E-state index contributed by atoms with van der Waals surface area (Å²) in [7, 11) is -3.41. The molecule has 0 bridgehead atoms. The van der Waals surface area contributed by atoms with Crippen molar-refractivity contribution >= 4 is 9.84 Å². The van der Waals surface area contributed by atoms with E-state index in [1.54, 1.807) is 12.1 Å². The molecule has 4 heteroatoms. The van der Waals surface area contributed by atoms with Crippen LogP contribution in [-0.2, 0) is 9.84 Å². The van der Waals surface area contributed by atoms with E-state index in [-0.39, 0.29) is 0 Å². The van der Waals surface area contributed by atoms with Crippen LogP contribution < -0.4 is 5.73 Å². The van der Waals surface area contributed by atoms with Gasteiger partial charge in [0, 0.05) is 0 Å². The van der Waals surface area contributed by atoms with Crippen molar-refractivity contribution in [3.63, 3.8) is 0 Å². The molecular weight excluding hydrogens is 270 g/mol. The molecule has 0 aliphatic rings. The summed E-state index contributed by atoms with van der Waals surface area (Å²) in [6.07, 6.45) is 0.417. The highest BCUT2D eigenvalue weighted by atomic mass is 32.2. The number of rotatable bonds is 5. The summed E-state index contributed by atoms with van der Waals surface area (Å²) in [5.74, 6) is 0. The number of benzene rings is 2. The normalized spacial score (nSPS) is 13.1. The van der Waals surface area contributed by atoms with Gasteiger partial charge < -0.3 is 5.73 Å². The molecule has 1 unspecified atom stereocenters. The van der Waals surface area contributed by atoms with Gasteiger partial charge in [0.05, 0.1) is 10.1 Å². The summed E-state index contributed by atoms with van der Waals surface area (Å²) in [6, 6.07) is 16.2. The summed E-state index contributed by atoms with van der Waals surface area (Å²) >= 11 is 0. The molecule has 0 fully saturated rings. The molecule has 3 nitrogen and oxygen atoms in total. The number of sulfone groups is 1. The Labute approximate surface area is 120 Å². The molecule has 0 spiro atoms. The molecular formula is C16H19NO2S. The lowest BCUT2D eigenvalue weighted by atomic mass is 10.1. The van der Waals surface area contributed by atoms with Gasteiger partial charge in [0.2, 0.25) is 0 Å². The Morgan fingerprint density at radius 3 is 2.15 bits per heavy atom. The zero-order valence-electron chi connectivity index (χ0n) is 11.5. The Hall–Kier alpha value is -1.65. The van der Waals surface area contributed by atoms with E-state index in [4.69, 9.17) is 5.73 Å². The molecule has 0 aliphatic carbocycles. The van der Waals surface area contributed by atoms with E-state index in [1.807, 2.05) is 49.4 Å². The third kappa shape index (κ3) is 3.08. The van der Waals surface area contributed by atoms with E-state index in [2.05, 4.69) is 0 Å². The van der Waals surface area contributed by atoms with Gasteiger partial charge >= 0.3 is 0 Å². The summed E-state index contributed by atoms with van der Waals surface area (Å²) in [5.41, 5.74) is 7.43. The summed E-state index contributed by atoms with van der Waals surface area (Å²) < 4.78 is 25.6. The number of aryl methyl sites for hydroxylation is 1. The van der Waals surface area contributed by atoms with E-state index in [0.29, 0.717) is 17.9 Å². The molecule has 0 aliphatic heterocycles. The maximum absolute atomic E-state index is 12.8. The molecule has 0 saturated heterocycles. The fraction of sp³-hybridized carbons (Fsp3) is 0.250. The van der Waals surface area contributed by atoms with Crippen molar-refractivity contribution in [1.82, 2.24) is 0 Å². The van der Waals surface area contributed by atoms with Crippen LogP contribution in [0.3, 0.4) is 0 Å². The van der Waals surface area contributed by atoms with Gasteiger partial charge in [-0.1, -0.05) is 48.0 Å². The first kappa shape index (κ1) is 14.8. The van der Waals surface area contributed by atoms with Crippen LogP contribution in [0.1, 0.15) is 22.8 Å². The minimum absolute atomic E-state index is 0.338. The van der Waals surface area contributed by atoms with E-state index in [9.17, 15) is 8.42 Å². The van der Waals surface area contributed by atoms with Crippen molar-refractivity contribution in [2.45, 2.75) is 23.5 Å². The zero-order chi connectivity index (χ0) is 14.6. The minimum atomic E-state index is -3.41. The summed E-state index contributed by atoms with van der Waals surface area (Å²) in [5, 5.41) is -0.587. The SMILES string of the molecule is Cc1ccc(S(=O)(=O)C(CCN)c2ccccc2)cc1. The second-order valence-corrected chi connectivity index (χ2v) is 6.97. The Kier molecular flexibility index (Phi) is 4.57. The average Bonchev–Trinajstić information content (AvgIpc) is 2.46. The van der Waals surface area contributed by atoms with Crippen LogP contribution in [0.4, 0.5) is 0 Å². The molecule has 20 heavy (non-hydrogen) atoms. The predicted octanol–water partition coefficient (Wildman–Crippen LogP) is 2.86. The van der Waals surface area contributed by atoms with Crippen LogP contribution in [0, 0.1) is 6.92 Å². The fourth-order valence-corrected chi connectivity index (χ4v) is 4.02. The van der Waals surface area contributed by atoms with Gasteiger partial charge in [-0.05, 0) is 37.6 Å². The number of hydrogen-bond acceptors (Lipinski definition) is 3. The van der Waals surface area contributed by atoms with Crippen molar-refractivity contribution < 1.29 is 8.42 Å². The van der Waals surface area contributed by atoms with Gasteiger partial charge in [0.15, 0.2) is 9.84 Å². The Bertz CT molecular complexity index is 649. The zero-order valence-corrected chi connectivity index (χ0v) is 12.3. The maximum atomic E-state index is 12.8. The molecule has 0 saturated carbocycles. The fourth-order valence-electron chi connectivity index (χ4n) is 2.21. The third-order valence-corrected chi connectivity index (χ3v) is 5.51. The Morgan fingerprint density at radius 1 is 1.00 bits per heavy atom. The van der Waals surface area contributed by atoms with Crippen LogP contribution in [0.25, 0.3) is 0 Å². The van der Waals surface area contributed by atoms with Crippen LogP contribution in [0.15, 0.2) is 59.5 Å². The van der Waals surface area contributed by atoms with E-state index >= 15 is 0 Å². The van der Waals surface area contributed by atoms with Gasteiger partial charge in [-0.15, -0.1) is 0 Å². The maximum Gasteiger partial charge on any atom is 0.185 e. The Morgan fingerprint density at radius 2 is 1.60 bits per heavy atom. The quantitative estimate of drug-likeness (QED) is 0.920. The molecule has 0 heterocycles. The monoisotopic (exact) mass is 289 g/mol. The summed E-state index contributed by atoms with van der Waals surface area (Å²) in [6.45, 7) is 2.27. The van der Waals surface area contributed by atoms with Crippen LogP contribution in [-0.4, -0.2) is 15.0 Å². The predicted molar refractivity (Wildman–Crippen MR) is 81.2 cm³/mol. The van der Waals surface area contributed by atoms with Crippen molar-refractivity contribution in [2.24, 2.45) is 5.73 Å². The first-order chi connectivity index (χ1) is 9.55. The molecule has 106 valence electrons. The van der Waals surface area contributed by atoms with E-state index < -0.39 is 15.1 Å². The standard InChI is InChI=1S/C16H19NO2S/c1-13-7-9-15(10-8-13)20(18,19)16(11-12-17)14-5-3-2-4-6-14/h2-10,16H,11-12,17H2,1H3. The highest BCUT2D eigenvalue weighted by Crippen LogP contribution is 2.31. The highest BCUT2D eigenvalue weighted by Gasteiger charge is 2.28. The highest BCUT2D eigenvalue weighted by molar-refractivity contribution is 7.91.